The first kappa shape index (κ1) is 13.5. The molecule has 1 aromatic carbocycles. The summed E-state index contributed by atoms with van der Waals surface area (Å²) in [5.74, 6) is -0.557. The molecule has 1 rings (SSSR count). The summed E-state index contributed by atoms with van der Waals surface area (Å²) in [6.07, 6.45) is 0. The maximum absolute atomic E-state index is 11.7. The van der Waals surface area contributed by atoms with Gasteiger partial charge in [-0.25, -0.2) is 0 Å². The van der Waals surface area contributed by atoms with Gasteiger partial charge >= 0.3 is 0 Å². The van der Waals surface area contributed by atoms with E-state index in [0.717, 1.165) is 5.56 Å². The zero-order valence-electron chi connectivity index (χ0n) is 9.66. The molecule has 0 saturated heterocycles. The summed E-state index contributed by atoms with van der Waals surface area (Å²) >= 11 is 0. The first-order valence-electron chi connectivity index (χ1n) is 5.10. The molecule has 0 atom stereocenters. The Morgan fingerprint density at radius 3 is 2.94 bits per heavy atom. The maximum atomic E-state index is 11.7. The second-order valence-corrected chi connectivity index (χ2v) is 3.49. The van der Waals surface area contributed by atoms with Crippen molar-refractivity contribution >= 4 is 11.6 Å². The van der Waals surface area contributed by atoms with Crippen molar-refractivity contribution in [1.82, 2.24) is 5.32 Å². The predicted octanol–water partition coefficient (Wildman–Crippen LogP) is 1.94. The summed E-state index contributed by atoms with van der Waals surface area (Å²) in [5.41, 5.74) is 8.56. The van der Waals surface area contributed by atoms with E-state index in [-0.39, 0.29) is 24.3 Å². The van der Waals surface area contributed by atoms with Gasteiger partial charge in [-0.2, -0.15) is 0 Å². The fourth-order valence-corrected chi connectivity index (χ4v) is 1.35. The molecule has 0 spiro atoms. The third-order valence-corrected chi connectivity index (χ3v) is 2.15. The van der Waals surface area contributed by atoms with E-state index in [1.54, 1.807) is 13.0 Å². The van der Waals surface area contributed by atoms with Crippen molar-refractivity contribution < 1.29 is 9.72 Å². The minimum atomic E-state index is -0.609. The van der Waals surface area contributed by atoms with E-state index in [4.69, 9.17) is 5.53 Å². The van der Waals surface area contributed by atoms with Crippen LogP contribution in [0.5, 0.6) is 0 Å². The van der Waals surface area contributed by atoms with Gasteiger partial charge < -0.3 is 5.32 Å². The zero-order valence-corrected chi connectivity index (χ0v) is 9.66. The van der Waals surface area contributed by atoms with Gasteiger partial charge in [-0.1, -0.05) is 11.2 Å². The summed E-state index contributed by atoms with van der Waals surface area (Å²) in [6.45, 7) is 1.97. The fourth-order valence-electron chi connectivity index (χ4n) is 1.35. The lowest BCUT2D eigenvalue weighted by molar-refractivity contribution is -0.385. The van der Waals surface area contributed by atoms with Gasteiger partial charge in [-0.05, 0) is 24.1 Å². The van der Waals surface area contributed by atoms with Gasteiger partial charge in [0.1, 0.15) is 5.56 Å². The Labute approximate surface area is 102 Å². The number of hydrogen-bond acceptors (Lipinski definition) is 4. The number of carbonyl (C=O) groups excluding carboxylic acids is 1. The average Bonchev–Trinajstić information content (AvgIpc) is 2.34. The highest BCUT2D eigenvalue weighted by Gasteiger charge is 2.19. The zero-order chi connectivity index (χ0) is 13.5. The second-order valence-electron chi connectivity index (χ2n) is 3.49. The highest BCUT2D eigenvalue weighted by molar-refractivity contribution is 5.98. The number of hydrogen-bond donors (Lipinski definition) is 1. The van der Waals surface area contributed by atoms with Crippen molar-refractivity contribution in [2.45, 2.75) is 6.92 Å². The molecule has 0 saturated carbocycles. The van der Waals surface area contributed by atoms with Crippen LogP contribution in [-0.2, 0) is 0 Å². The van der Waals surface area contributed by atoms with Crippen LogP contribution in [0.3, 0.4) is 0 Å². The number of carbonyl (C=O) groups is 1. The number of azide groups is 1. The molecule has 0 heterocycles. The van der Waals surface area contributed by atoms with Crippen LogP contribution in [0.25, 0.3) is 10.4 Å². The quantitative estimate of drug-likeness (QED) is 0.214. The molecule has 8 heteroatoms. The molecule has 1 aromatic rings. The topological polar surface area (TPSA) is 121 Å². The average molecular weight is 249 g/mol. The van der Waals surface area contributed by atoms with Crippen molar-refractivity contribution in [3.8, 4) is 0 Å². The lowest BCUT2D eigenvalue weighted by atomic mass is 10.1. The summed E-state index contributed by atoms with van der Waals surface area (Å²) in [4.78, 5) is 24.4. The van der Waals surface area contributed by atoms with Crippen LogP contribution in [0.2, 0.25) is 0 Å². The van der Waals surface area contributed by atoms with Gasteiger partial charge in [0.2, 0.25) is 0 Å². The third kappa shape index (κ3) is 3.46. The molecule has 8 nitrogen and oxygen atoms in total. The monoisotopic (exact) mass is 249 g/mol. The molecule has 0 aliphatic rings. The lowest BCUT2D eigenvalue weighted by Crippen LogP contribution is -2.26. The summed E-state index contributed by atoms with van der Waals surface area (Å²) in [5, 5.41) is 16.5. The molecular weight excluding hydrogens is 238 g/mol. The van der Waals surface area contributed by atoms with Gasteiger partial charge in [-0.15, -0.1) is 0 Å². The minimum Gasteiger partial charge on any atom is -0.352 e. The van der Waals surface area contributed by atoms with E-state index in [9.17, 15) is 14.9 Å². The van der Waals surface area contributed by atoms with Crippen LogP contribution in [0.15, 0.2) is 23.3 Å². The van der Waals surface area contributed by atoms with Crippen LogP contribution < -0.4 is 5.32 Å². The van der Waals surface area contributed by atoms with E-state index >= 15 is 0 Å². The Hall–Kier alpha value is -2.60. The normalized spacial score (nSPS) is 9.39. The Balaban J connectivity index is 2.86. The number of amides is 1. The molecule has 18 heavy (non-hydrogen) atoms. The largest absolute Gasteiger partial charge is 0.352 e. The Morgan fingerprint density at radius 2 is 2.33 bits per heavy atom. The van der Waals surface area contributed by atoms with Crippen LogP contribution in [0.1, 0.15) is 15.9 Å². The molecule has 1 amide bonds. The van der Waals surface area contributed by atoms with Crippen molar-refractivity contribution in [2.24, 2.45) is 5.11 Å². The number of nitro groups is 1. The smallest absolute Gasteiger partial charge is 0.282 e. The summed E-state index contributed by atoms with van der Waals surface area (Å²) < 4.78 is 0. The minimum absolute atomic E-state index is 0.000868. The summed E-state index contributed by atoms with van der Waals surface area (Å²) in [7, 11) is 0. The van der Waals surface area contributed by atoms with Crippen LogP contribution in [-0.4, -0.2) is 23.9 Å². The molecule has 0 aromatic heterocycles. The number of benzene rings is 1. The Kier molecular flexibility index (Phi) is 4.65. The van der Waals surface area contributed by atoms with Crippen LogP contribution >= 0.6 is 0 Å². The second kappa shape index (κ2) is 6.21. The van der Waals surface area contributed by atoms with Crippen molar-refractivity contribution in [1.29, 1.82) is 0 Å². The molecule has 0 fully saturated rings. The number of nitro benzene ring substituents is 1. The molecule has 0 bridgehead atoms. The number of nitrogens with one attached hydrogen (secondary N) is 1. The number of nitrogens with zero attached hydrogens (tertiary/aromatic N) is 4. The number of rotatable bonds is 5. The van der Waals surface area contributed by atoms with Crippen LogP contribution in [0, 0.1) is 17.0 Å². The van der Waals surface area contributed by atoms with E-state index in [1.165, 1.54) is 12.1 Å². The standard InChI is InChI=1S/C10H11N5O3/c1-7-2-3-9(15(17)18)8(6-7)10(16)12-4-5-13-14-11/h2-3,6H,4-5H2,1H3,(H,12,16). The van der Waals surface area contributed by atoms with E-state index in [1.807, 2.05) is 0 Å². The molecule has 94 valence electrons. The van der Waals surface area contributed by atoms with Gasteiger partial charge in [0.15, 0.2) is 0 Å². The molecular formula is C10H11N5O3. The van der Waals surface area contributed by atoms with E-state index < -0.39 is 10.8 Å². The van der Waals surface area contributed by atoms with E-state index in [0.29, 0.717) is 0 Å². The van der Waals surface area contributed by atoms with Crippen LogP contribution in [0.4, 0.5) is 5.69 Å². The Bertz CT molecular complexity index is 522. The van der Waals surface area contributed by atoms with Gasteiger partial charge in [0.05, 0.1) is 4.92 Å². The van der Waals surface area contributed by atoms with Crippen molar-refractivity contribution in [2.75, 3.05) is 13.1 Å². The number of aryl methyl sites for hydroxylation is 1. The molecule has 0 radical (unpaired) electrons. The van der Waals surface area contributed by atoms with Crippen molar-refractivity contribution in [3.05, 3.63) is 49.9 Å². The molecule has 0 aliphatic heterocycles. The first-order chi connectivity index (χ1) is 8.56. The predicted molar refractivity (Wildman–Crippen MR) is 64.2 cm³/mol. The lowest BCUT2D eigenvalue weighted by Gasteiger charge is -2.05. The van der Waals surface area contributed by atoms with E-state index in [2.05, 4.69) is 15.3 Å². The maximum Gasteiger partial charge on any atom is 0.282 e. The highest BCUT2D eigenvalue weighted by atomic mass is 16.6. The molecule has 0 unspecified atom stereocenters. The van der Waals surface area contributed by atoms with Gasteiger partial charge in [0.25, 0.3) is 11.6 Å². The third-order valence-electron chi connectivity index (χ3n) is 2.15. The van der Waals surface area contributed by atoms with Gasteiger partial charge in [0, 0.05) is 24.1 Å². The van der Waals surface area contributed by atoms with Gasteiger partial charge in [-0.3, -0.25) is 14.9 Å². The fraction of sp³-hybridized carbons (Fsp3) is 0.300. The first-order valence-corrected chi connectivity index (χ1v) is 5.10. The SMILES string of the molecule is Cc1ccc([N+](=O)[O-])c(C(=O)NCCN=[N+]=[N-])c1. The van der Waals surface area contributed by atoms with Crippen molar-refractivity contribution in [3.63, 3.8) is 0 Å². The Morgan fingerprint density at radius 1 is 1.61 bits per heavy atom. The molecule has 1 N–H and O–H groups in total. The highest BCUT2D eigenvalue weighted by Crippen LogP contribution is 2.19. The molecule has 0 aliphatic carbocycles. The summed E-state index contributed by atoms with van der Waals surface area (Å²) in [6, 6.07) is 4.30.